The number of unbranched alkanes of at least 4 members (excludes halogenated alkanes) is 38. The van der Waals surface area contributed by atoms with Crippen LogP contribution in [0.3, 0.4) is 0 Å². The minimum atomic E-state index is -0.782. The molecule has 0 fully saturated rings. The van der Waals surface area contributed by atoms with Crippen LogP contribution in [0, 0.1) is 0 Å². The Morgan fingerprint density at radius 3 is 0.857 bits per heavy atom. The molecule has 0 N–H and O–H groups in total. The van der Waals surface area contributed by atoms with Crippen LogP contribution < -0.4 is 0 Å². The number of carbonyl (C=O) groups excluding carboxylic acids is 3. The normalized spacial score (nSPS) is 12.4. The van der Waals surface area contributed by atoms with E-state index in [2.05, 4.69) is 57.2 Å². The molecule has 1 atom stereocenters. The Bertz CT molecular complexity index is 1260. The van der Waals surface area contributed by atoms with Crippen LogP contribution in [-0.2, 0) is 28.6 Å². The highest BCUT2D eigenvalue weighted by Gasteiger charge is 2.19. The van der Waals surface area contributed by atoms with E-state index in [1.165, 1.54) is 186 Å². The largest absolute Gasteiger partial charge is 0.462 e. The van der Waals surface area contributed by atoms with Gasteiger partial charge in [-0.25, -0.2) is 0 Å². The van der Waals surface area contributed by atoms with Gasteiger partial charge in [-0.1, -0.05) is 313 Å². The highest BCUT2D eigenvalue weighted by atomic mass is 16.6. The highest BCUT2D eigenvalue weighted by molar-refractivity contribution is 5.71. The Balaban J connectivity index is 4.39. The van der Waals surface area contributed by atoms with Crippen molar-refractivity contribution in [2.24, 2.45) is 0 Å². The van der Waals surface area contributed by atoms with Gasteiger partial charge in [0.1, 0.15) is 13.2 Å². The first-order valence-corrected chi connectivity index (χ1v) is 30.4. The molecular weight excluding hydrogens is 865 g/mol. The average molecular weight is 980 g/mol. The van der Waals surface area contributed by atoms with Gasteiger partial charge in [0.05, 0.1) is 0 Å². The number of carbonyl (C=O) groups is 3. The Kier molecular flexibility index (Phi) is 56.3. The third kappa shape index (κ3) is 56.0. The molecule has 6 nitrogen and oxygen atoms in total. The van der Waals surface area contributed by atoms with Crippen molar-refractivity contribution in [2.75, 3.05) is 13.2 Å². The third-order valence-corrected chi connectivity index (χ3v) is 13.4. The molecule has 0 rings (SSSR count). The van der Waals surface area contributed by atoms with Gasteiger partial charge in [0, 0.05) is 19.3 Å². The van der Waals surface area contributed by atoms with Crippen molar-refractivity contribution < 1.29 is 28.6 Å². The maximum atomic E-state index is 12.9. The van der Waals surface area contributed by atoms with Crippen LogP contribution in [-0.4, -0.2) is 37.2 Å². The molecule has 0 saturated heterocycles. The van der Waals surface area contributed by atoms with Crippen molar-refractivity contribution in [2.45, 2.75) is 316 Å². The fraction of sp³-hybridized carbons (Fsp3) is 0.797. The van der Waals surface area contributed by atoms with Gasteiger partial charge in [0.15, 0.2) is 6.10 Å². The van der Waals surface area contributed by atoms with E-state index >= 15 is 0 Å². The van der Waals surface area contributed by atoms with Crippen LogP contribution in [0.25, 0.3) is 0 Å². The fourth-order valence-electron chi connectivity index (χ4n) is 8.83. The van der Waals surface area contributed by atoms with Crippen molar-refractivity contribution in [3.05, 3.63) is 60.8 Å². The Hall–Kier alpha value is -2.89. The molecule has 406 valence electrons. The second kappa shape index (κ2) is 58.7. The maximum Gasteiger partial charge on any atom is 0.306 e. The molecule has 0 spiro atoms. The summed E-state index contributed by atoms with van der Waals surface area (Å²) in [6.45, 7) is 6.58. The van der Waals surface area contributed by atoms with Crippen molar-refractivity contribution in [3.8, 4) is 0 Å². The standard InChI is InChI=1S/C64H114O6/c1-4-7-10-13-16-19-22-25-28-31-34-36-39-42-45-48-51-54-57-63(66)69-60-61(70-64(67)58-55-52-49-46-43-40-37-33-30-27-24-21-18-15-12-9-6-3)59-68-62(65)56-53-50-47-44-41-38-35-32-29-26-23-20-17-14-11-8-5-2/h10,13,16,19,22,25,28,31,34,36,61H,4-9,11-12,14-15,17-18,20-21,23-24,26-27,29-30,32-33,35,37-60H2,1-3H3/b13-10-,19-16-,25-22-,31-28-,36-34-. The zero-order valence-electron chi connectivity index (χ0n) is 46.5. The summed E-state index contributed by atoms with van der Waals surface area (Å²) in [4.78, 5) is 38.2. The van der Waals surface area contributed by atoms with E-state index in [9.17, 15) is 14.4 Å². The molecule has 0 aromatic rings. The first-order valence-electron chi connectivity index (χ1n) is 30.4. The lowest BCUT2D eigenvalue weighted by Gasteiger charge is -2.18. The van der Waals surface area contributed by atoms with E-state index in [0.717, 1.165) is 83.5 Å². The first kappa shape index (κ1) is 67.1. The van der Waals surface area contributed by atoms with Crippen LogP contribution in [0.5, 0.6) is 0 Å². The summed E-state index contributed by atoms with van der Waals surface area (Å²) < 4.78 is 16.9. The van der Waals surface area contributed by atoms with Gasteiger partial charge in [-0.15, -0.1) is 0 Å². The van der Waals surface area contributed by atoms with Crippen LogP contribution in [0.15, 0.2) is 60.8 Å². The molecule has 0 aliphatic heterocycles. The molecule has 0 radical (unpaired) electrons. The Labute approximate surface area is 434 Å². The Morgan fingerprint density at radius 2 is 0.543 bits per heavy atom. The monoisotopic (exact) mass is 979 g/mol. The minimum Gasteiger partial charge on any atom is -0.462 e. The second-order valence-corrected chi connectivity index (χ2v) is 20.4. The van der Waals surface area contributed by atoms with Crippen LogP contribution in [0.4, 0.5) is 0 Å². The van der Waals surface area contributed by atoms with Gasteiger partial charge >= 0.3 is 17.9 Å². The number of hydrogen-bond donors (Lipinski definition) is 0. The zero-order chi connectivity index (χ0) is 50.7. The lowest BCUT2D eigenvalue weighted by atomic mass is 10.0. The quantitative estimate of drug-likeness (QED) is 0.0261. The predicted molar refractivity (Wildman–Crippen MR) is 302 cm³/mol. The van der Waals surface area contributed by atoms with Crippen molar-refractivity contribution >= 4 is 17.9 Å². The zero-order valence-corrected chi connectivity index (χ0v) is 46.5. The number of rotatable bonds is 55. The molecular formula is C64H114O6. The van der Waals surface area contributed by atoms with Gasteiger partial charge < -0.3 is 14.2 Å². The van der Waals surface area contributed by atoms with Crippen LogP contribution >= 0.6 is 0 Å². The molecule has 0 aliphatic carbocycles. The van der Waals surface area contributed by atoms with Crippen molar-refractivity contribution in [1.29, 1.82) is 0 Å². The van der Waals surface area contributed by atoms with Crippen molar-refractivity contribution in [3.63, 3.8) is 0 Å². The van der Waals surface area contributed by atoms with E-state index in [1.807, 2.05) is 24.3 Å². The first-order chi connectivity index (χ1) is 34.5. The molecule has 70 heavy (non-hydrogen) atoms. The summed E-state index contributed by atoms with van der Waals surface area (Å²) in [5.41, 5.74) is 0. The highest BCUT2D eigenvalue weighted by Crippen LogP contribution is 2.17. The van der Waals surface area contributed by atoms with E-state index < -0.39 is 6.10 Å². The molecule has 0 aromatic carbocycles. The van der Waals surface area contributed by atoms with Gasteiger partial charge in [-0.2, -0.15) is 0 Å². The topological polar surface area (TPSA) is 78.9 Å². The van der Waals surface area contributed by atoms with E-state index in [4.69, 9.17) is 14.2 Å². The molecule has 0 saturated carbocycles. The SMILES string of the molecule is CCC\C=C/C=C\C=C/C=C\C=C/CCCCCCCC(=O)OCC(COC(=O)CCCCCCCCCCCCCCCCCCC)OC(=O)CCCCCCCCCCCCCCCCCCC. The summed E-state index contributed by atoms with van der Waals surface area (Å²) >= 11 is 0. The smallest absolute Gasteiger partial charge is 0.306 e. The molecule has 0 bridgehead atoms. The van der Waals surface area contributed by atoms with Gasteiger partial charge in [-0.3, -0.25) is 14.4 Å². The minimum absolute atomic E-state index is 0.0782. The average Bonchev–Trinajstić information content (AvgIpc) is 3.36. The lowest BCUT2D eigenvalue weighted by molar-refractivity contribution is -0.167. The van der Waals surface area contributed by atoms with E-state index in [0.29, 0.717) is 19.3 Å². The van der Waals surface area contributed by atoms with Gasteiger partial charge in [0.2, 0.25) is 0 Å². The Morgan fingerprint density at radius 1 is 0.286 bits per heavy atom. The van der Waals surface area contributed by atoms with Gasteiger partial charge in [0.25, 0.3) is 0 Å². The molecule has 0 heterocycles. The number of hydrogen-bond acceptors (Lipinski definition) is 6. The molecule has 1 unspecified atom stereocenters. The fourth-order valence-corrected chi connectivity index (χ4v) is 8.83. The summed E-state index contributed by atoms with van der Waals surface area (Å²) in [5.74, 6) is -0.885. The van der Waals surface area contributed by atoms with E-state index in [-0.39, 0.29) is 31.1 Å². The number of allylic oxidation sites excluding steroid dienone is 10. The van der Waals surface area contributed by atoms with Crippen LogP contribution in [0.1, 0.15) is 310 Å². The van der Waals surface area contributed by atoms with E-state index in [1.54, 1.807) is 0 Å². The third-order valence-electron chi connectivity index (χ3n) is 13.4. The lowest BCUT2D eigenvalue weighted by Crippen LogP contribution is -2.30. The van der Waals surface area contributed by atoms with Crippen molar-refractivity contribution in [1.82, 2.24) is 0 Å². The maximum absolute atomic E-state index is 12.9. The predicted octanol–water partition coefficient (Wildman–Crippen LogP) is 20.4. The number of esters is 3. The number of ether oxygens (including phenoxy) is 3. The summed E-state index contributed by atoms with van der Waals surface area (Å²) in [6.07, 6.45) is 73.5. The summed E-state index contributed by atoms with van der Waals surface area (Å²) in [6, 6.07) is 0. The summed E-state index contributed by atoms with van der Waals surface area (Å²) in [7, 11) is 0. The molecule has 6 heteroatoms. The summed E-state index contributed by atoms with van der Waals surface area (Å²) in [5, 5.41) is 0. The molecule has 0 aliphatic rings. The molecule has 0 aromatic heterocycles. The second-order valence-electron chi connectivity index (χ2n) is 20.4. The molecule has 0 amide bonds. The van der Waals surface area contributed by atoms with Gasteiger partial charge in [-0.05, 0) is 38.5 Å². The van der Waals surface area contributed by atoms with Crippen LogP contribution in [0.2, 0.25) is 0 Å².